The second-order valence-electron chi connectivity index (χ2n) is 4.18. The van der Waals surface area contributed by atoms with Gasteiger partial charge in [0.1, 0.15) is 5.75 Å². The van der Waals surface area contributed by atoms with Crippen molar-refractivity contribution in [2.45, 2.75) is 0 Å². The third kappa shape index (κ3) is 4.78. The van der Waals surface area contributed by atoms with Crippen LogP contribution < -0.4 is 5.43 Å². The summed E-state index contributed by atoms with van der Waals surface area (Å²) in [5, 5.41) is 13.9. The van der Waals surface area contributed by atoms with E-state index in [0.717, 1.165) is 5.56 Å². The summed E-state index contributed by atoms with van der Waals surface area (Å²) in [5.41, 5.74) is 3.73. The van der Waals surface area contributed by atoms with E-state index < -0.39 is 0 Å². The number of rotatable bonds is 4. The molecule has 2 aromatic rings. The van der Waals surface area contributed by atoms with Gasteiger partial charge in [-0.3, -0.25) is 4.79 Å². The number of para-hydroxylation sites is 1. The normalized spacial score (nSPS) is 11.1. The molecular formula is C16H13ClN2O2. The third-order valence-corrected chi connectivity index (χ3v) is 2.86. The van der Waals surface area contributed by atoms with Gasteiger partial charge < -0.3 is 5.11 Å². The van der Waals surface area contributed by atoms with Crippen LogP contribution in [-0.2, 0) is 4.79 Å². The number of aromatic hydroxyl groups is 1. The summed E-state index contributed by atoms with van der Waals surface area (Å²) in [6.45, 7) is 0. The fourth-order valence-corrected chi connectivity index (χ4v) is 1.67. The Morgan fingerprint density at radius 2 is 1.86 bits per heavy atom. The van der Waals surface area contributed by atoms with Gasteiger partial charge in [0.05, 0.1) is 6.21 Å². The van der Waals surface area contributed by atoms with Gasteiger partial charge >= 0.3 is 0 Å². The van der Waals surface area contributed by atoms with Crippen LogP contribution in [0.1, 0.15) is 11.1 Å². The summed E-state index contributed by atoms with van der Waals surface area (Å²) in [6.07, 6.45) is 4.40. The molecule has 0 saturated carbocycles. The molecule has 2 N–H and O–H groups in total. The van der Waals surface area contributed by atoms with Crippen molar-refractivity contribution >= 4 is 29.8 Å². The maximum atomic E-state index is 11.6. The van der Waals surface area contributed by atoms with E-state index in [4.69, 9.17) is 11.6 Å². The number of amides is 1. The molecule has 0 fully saturated rings. The molecule has 0 spiro atoms. The number of benzene rings is 2. The summed E-state index contributed by atoms with van der Waals surface area (Å²) >= 11 is 5.77. The first kappa shape index (κ1) is 14.8. The van der Waals surface area contributed by atoms with Crippen LogP contribution in [0.4, 0.5) is 0 Å². The van der Waals surface area contributed by atoms with Crippen molar-refractivity contribution in [2.75, 3.05) is 0 Å². The molecule has 0 aliphatic rings. The first-order valence-electron chi connectivity index (χ1n) is 6.20. The monoisotopic (exact) mass is 300 g/mol. The summed E-state index contributed by atoms with van der Waals surface area (Å²) < 4.78 is 0. The fourth-order valence-electron chi connectivity index (χ4n) is 1.55. The Labute approximate surface area is 127 Å². The molecule has 0 aliphatic heterocycles. The quantitative estimate of drug-likeness (QED) is 0.517. The van der Waals surface area contributed by atoms with E-state index in [1.54, 1.807) is 54.6 Å². The highest BCUT2D eigenvalue weighted by atomic mass is 35.5. The van der Waals surface area contributed by atoms with Gasteiger partial charge in [0, 0.05) is 16.7 Å². The number of nitrogens with zero attached hydrogens (tertiary/aromatic N) is 1. The van der Waals surface area contributed by atoms with E-state index in [1.807, 2.05) is 0 Å². The van der Waals surface area contributed by atoms with Crippen LogP contribution in [-0.4, -0.2) is 17.2 Å². The van der Waals surface area contributed by atoms with Gasteiger partial charge in [-0.2, -0.15) is 5.10 Å². The van der Waals surface area contributed by atoms with Crippen LogP contribution in [0.3, 0.4) is 0 Å². The third-order valence-electron chi connectivity index (χ3n) is 2.61. The number of hydrogen-bond acceptors (Lipinski definition) is 3. The molecule has 21 heavy (non-hydrogen) atoms. The number of halogens is 1. The lowest BCUT2D eigenvalue weighted by atomic mass is 10.2. The Balaban J connectivity index is 1.90. The number of phenols is 1. The lowest BCUT2D eigenvalue weighted by Crippen LogP contribution is -2.14. The Hall–Kier alpha value is -2.59. The van der Waals surface area contributed by atoms with Gasteiger partial charge in [-0.15, -0.1) is 0 Å². The van der Waals surface area contributed by atoms with Crippen LogP contribution in [0.25, 0.3) is 6.08 Å². The largest absolute Gasteiger partial charge is 0.507 e. The van der Waals surface area contributed by atoms with E-state index in [2.05, 4.69) is 10.5 Å². The molecule has 0 aromatic heterocycles. The van der Waals surface area contributed by atoms with Crippen molar-refractivity contribution < 1.29 is 9.90 Å². The highest BCUT2D eigenvalue weighted by Gasteiger charge is 1.96. The molecule has 0 heterocycles. The van der Waals surface area contributed by atoms with E-state index in [-0.39, 0.29) is 11.7 Å². The van der Waals surface area contributed by atoms with Crippen LogP contribution in [0.5, 0.6) is 5.75 Å². The lowest BCUT2D eigenvalue weighted by Gasteiger charge is -1.97. The van der Waals surface area contributed by atoms with E-state index in [0.29, 0.717) is 10.6 Å². The van der Waals surface area contributed by atoms with Crippen molar-refractivity contribution in [2.24, 2.45) is 5.10 Å². The molecule has 0 aliphatic carbocycles. The highest BCUT2D eigenvalue weighted by molar-refractivity contribution is 6.30. The first-order chi connectivity index (χ1) is 10.1. The number of hydrazone groups is 1. The van der Waals surface area contributed by atoms with Crippen LogP contribution in [0.2, 0.25) is 5.02 Å². The fraction of sp³-hybridized carbons (Fsp3) is 0. The second kappa shape index (κ2) is 7.26. The molecule has 1 amide bonds. The van der Waals surface area contributed by atoms with Gasteiger partial charge in [-0.25, -0.2) is 5.43 Å². The zero-order valence-corrected chi connectivity index (χ0v) is 11.8. The molecule has 0 unspecified atom stereocenters. The molecule has 2 rings (SSSR count). The molecule has 0 atom stereocenters. The Morgan fingerprint density at radius 3 is 2.57 bits per heavy atom. The predicted octanol–water partition coefficient (Wildman–Crippen LogP) is 3.21. The molecule has 2 aromatic carbocycles. The van der Waals surface area contributed by atoms with Crippen LogP contribution in [0, 0.1) is 0 Å². The van der Waals surface area contributed by atoms with Crippen molar-refractivity contribution in [3.05, 3.63) is 70.8 Å². The van der Waals surface area contributed by atoms with E-state index in [1.165, 1.54) is 12.3 Å². The number of nitrogens with one attached hydrogen (secondary N) is 1. The Morgan fingerprint density at radius 1 is 1.14 bits per heavy atom. The molecule has 106 valence electrons. The zero-order chi connectivity index (χ0) is 15.1. The van der Waals surface area contributed by atoms with Gasteiger partial charge in [0.2, 0.25) is 0 Å². The molecular weight excluding hydrogens is 288 g/mol. The van der Waals surface area contributed by atoms with Crippen LogP contribution in [0.15, 0.2) is 59.7 Å². The van der Waals surface area contributed by atoms with Gasteiger partial charge in [-0.05, 0) is 35.9 Å². The maximum Gasteiger partial charge on any atom is 0.264 e. The summed E-state index contributed by atoms with van der Waals surface area (Å²) in [7, 11) is 0. The van der Waals surface area contributed by atoms with Gasteiger partial charge in [0.25, 0.3) is 5.91 Å². The minimum Gasteiger partial charge on any atom is -0.507 e. The summed E-state index contributed by atoms with van der Waals surface area (Å²) in [4.78, 5) is 11.6. The minimum absolute atomic E-state index is 0.104. The smallest absolute Gasteiger partial charge is 0.264 e. The molecule has 4 nitrogen and oxygen atoms in total. The van der Waals surface area contributed by atoms with E-state index >= 15 is 0 Å². The van der Waals surface area contributed by atoms with Gasteiger partial charge in [-0.1, -0.05) is 35.9 Å². The summed E-state index contributed by atoms with van der Waals surface area (Å²) in [5.74, 6) is -0.260. The molecule has 0 saturated heterocycles. The van der Waals surface area contributed by atoms with Crippen molar-refractivity contribution in [3.63, 3.8) is 0 Å². The number of carbonyl (C=O) groups is 1. The van der Waals surface area contributed by atoms with Crippen LogP contribution >= 0.6 is 11.6 Å². The minimum atomic E-state index is -0.364. The number of hydrogen-bond donors (Lipinski definition) is 2. The van der Waals surface area contributed by atoms with Gasteiger partial charge in [0.15, 0.2) is 0 Å². The Kier molecular flexibility index (Phi) is 5.12. The van der Waals surface area contributed by atoms with Crippen molar-refractivity contribution in [1.29, 1.82) is 0 Å². The molecule has 0 radical (unpaired) electrons. The van der Waals surface area contributed by atoms with Crippen molar-refractivity contribution in [3.8, 4) is 5.75 Å². The maximum absolute atomic E-state index is 11.6. The standard InChI is InChI=1S/C16H13ClN2O2/c17-14-8-5-12(6-9-14)7-10-16(21)19-18-11-13-3-1-2-4-15(13)20/h1-11,20H,(H,19,21)/b10-7+,18-11-. The number of carbonyl (C=O) groups excluding carboxylic acids is 1. The van der Waals surface area contributed by atoms with E-state index in [9.17, 15) is 9.90 Å². The summed E-state index contributed by atoms with van der Waals surface area (Å²) in [6, 6.07) is 13.8. The topological polar surface area (TPSA) is 61.7 Å². The molecule has 5 heteroatoms. The average molecular weight is 301 g/mol. The second-order valence-corrected chi connectivity index (χ2v) is 4.61. The zero-order valence-electron chi connectivity index (χ0n) is 11.0. The lowest BCUT2D eigenvalue weighted by molar-refractivity contribution is -0.116. The SMILES string of the molecule is O=C(/C=C/c1ccc(Cl)cc1)N/N=C\c1ccccc1O. The van der Waals surface area contributed by atoms with Crippen molar-refractivity contribution in [1.82, 2.24) is 5.43 Å². The number of phenolic OH excluding ortho intramolecular Hbond substituents is 1. The Bertz CT molecular complexity index is 679. The molecule has 0 bridgehead atoms. The average Bonchev–Trinajstić information content (AvgIpc) is 2.49. The predicted molar refractivity (Wildman–Crippen MR) is 84.3 cm³/mol. The highest BCUT2D eigenvalue weighted by Crippen LogP contribution is 2.12. The first-order valence-corrected chi connectivity index (χ1v) is 6.57.